The molecule has 0 aromatic rings. The summed E-state index contributed by atoms with van der Waals surface area (Å²) in [6.07, 6.45) is 2.70. The monoisotopic (exact) mass is 270 g/mol. The summed E-state index contributed by atoms with van der Waals surface area (Å²) in [7, 11) is 0. The van der Waals surface area contributed by atoms with Crippen LogP contribution in [-0.2, 0) is 9.53 Å². The number of nitrogens with one attached hydrogen (secondary N) is 1. The molecule has 19 heavy (non-hydrogen) atoms. The largest absolute Gasteiger partial charge is 0.480 e. The molecule has 2 rings (SSSR count). The standard InChI is InChI=1S/C13H22N2O4/c1-9-3-6-15(11(9)12(16)17)13(18)14-5-2-10-4-7-19-8-10/h9-11H,2-8H2,1H3,(H,14,18)(H,16,17). The lowest BCUT2D eigenvalue weighted by atomic mass is 10.0. The van der Waals surface area contributed by atoms with E-state index in [-0.39, 0.29) is 11.9 Å². The molecule has 0 radical (unpaired) electrons. The fourth-order valence-corrected chi connectivity index (χ4v) is 2.85. The summed E-state index contributed by atoms with van der Waals surface area (Å²) < 4.78 is 5.28. The van der Waals surface area contributed by atoms with Crippen LogP contribution >= 0.6 is 0 Å². The molecule has 0 aromatic heterocycles. The highest BCUT2D eigenvalue weighted by Crippen LogP contribution is 2.24. The van der Waals surface area contributed by atoms with Gasteiger partial charge in [0.2, 0.25) is 0 Å². The van der Waals surface area contributed by atoms with Crippen molar-refractivity contribution in [3.8, 4) is 0 Å². The zero-order valence-electron chi connectivity index (χ0n) is 11.3. The molecule has 2 aliphatic rings. The number of aliphatic carboxylic acids is 1. The summed E-state index contributed by atoms with van der Waals surface area (Å²) in [6.45, 7) is 4.57. The molecule has 108 valence electrons. The van der Waals surface area contributed by atoms with Gasteiger partial charge in [-0.2, -0.15) is 0 Å². The van der Waals surface area contributed by atoms with Crippen molar-refractivity contribution in [1.29, 1.82) is 0 Å². The van der Waals surface area contributed by atoms with Crippen molar-refractivity contribution in [1.82, 2.24) is 10.2 Å². The van der Waals surface area contributed by atoms with Crippen molar-refractivity contribution in [2.75, 3.05) is 26.3 Å². The Morgan fingerprint density at radius 1 is 1.42 bits per heavy atom. The van der Waals surface area contributed by atoms with Gasteiger partial charge in [-0.25, -0.2) is 9.59 Å². The molecule has 0 saturated carbocycles. The molecule has 2 fully saturated rings. The number of carbonyl (C=O) groups is 2. The summed E-state index contributed by atoms with van der Waals surface area (Å²) in [5, 5.41) is 12.0. The van der Waals surface area contributed by atoms with Crippen LogP contribution in [0.2, 0.25) is 0 Å². The number of carbonyl (C=O) groups excluding carboxylic acids is 1. The Hall–Kier alpha value is -1.30. The van der Waals surface area contributed by atoms with Gasteiger partial charge in [-0.15, -0.1) is 0 Å². The summed E-state index contributed by atoms with van der Waals surface area (Å²) in [4.78, 5) is 24.6. The van der Waals surface area contributed by atoms with Gasteiger partial charge in [-0.1, -0.05) is 6.92 Å². The highest BCUT2D eigenvalue weighted by molar-refractivity contribution is 5.83. The third kappa shape index (κ3) is 3.37. The zero-order valence-corrected chi connectivity index (χ0v) is 11.3. The van der Waals surface area contributed by atoms with Gasteiger partial charge in [-0.05, 0) is 31.1 Å². The second-order valence-corrected chi connectivity index (χ2v) is 5.49. The summed E-state index contributed by atoms with van der Waals surface area (Å²) >= 11 is 0. The van der Waals surface area contributed by atoms with E-state index in [1.54, 1.807) is 0 Å². The second-order valence-electron chi connectivity index (χ2n) is 5.49. The van der Waals surface area contributed by atoms with Crippen LogP contribution in [0.1, 0.15) is 26.2 Å². The first-order valence-electron chi connectivity index (χ1n) is 6.94. The molecule has 2 saturated heterocycles. The van der Waals surface area contributed by atoms with Crippen molar-refractivity contribution in [3.05, 3.63) is 0 Å². The molecule has 3 atom stereocenters. The normalized spacial score (nSPS) is 30.6. The lowest BCUT2D eigenvalue weighted by molar-refractivity contribution is -0.142. The number of amides is 2. The van der Waals surface area contributed by atoms with E-state index in [1.165, 1.54) is 4.90 Å². The van der Waals surface area contributed by atoms with Gasteiger partial charge in [0.15, 0.2) is 0 Å². The number of hydrogen-bond donors (Lipinski definition) is 2. The van der Waals surface area contributed by atoms with Gasteiger partial charge < -0.3 is 20.1 Å². The van der Waals surface area contributed by atoms with Crippen LogP contribution in [0.5, 0.6) is 0 Å². The van der Waals surface area contributed by atoms with Crippen molar-refractivity contribution < 1.29 is 19.4 Å². The quantitative estimate of drug-likeness (QED) is 0.796. The van der Waals surface area contributed by atoms with Crippen LogP contribution in [-0.4, -0.2) is 54.4 Å². The maximum absolute atomic E-state index is 12.0. The minimum absolute atomic E-state index is 0.0199. The van der Waals surface area contributed by atoms with Crippen molar-refractivity contribution >= 4 is 12.0 Å². The average Bonchev–Trinajstić information content (AvgIpc) is 2.97. The van der Waals surface area contributed by atoms with Gasteiger partial charge in [-0.3, -0.25) is 0 Å². The smallest absolute Gasteiger partial charge is 0.326 e. The Balaban J connectivity index is 1.77. The van der Waals surface area contributed by atoms with E-state index in [0.29, 0.717) is 19.0 Å². The van der Waals surface area contributed by atoms with Crippen LogP contribution in [0.4, 0.5) is 4.79 Å². The number of ether oxygens (including phenoxy) is 1. The Kier molecular flexibility index (Phi) is 4.63. The highest BCUT2D eigenvalue weighted by Gasteiger charge is 2.39. The number of hydrogen-bond acceptors (Lipinski definition) is 3. The van der Waals surface area contributed by atoms with Crippen molar-refractivity contribution in [2.24, 2.45) is 11.8 Å². The molecule has 3 unspecified atom stereocenters. The zero-order chi connectivity index (χ0) is 13.8. The van der Waals surface area contributed by atoms with E-state index in [1.807, 2.05) is 6.92 Å². The third-order valence-corrected chi connectivity index (χ3v) is 4.07. The van der Waals surface area contributed by atoms with Gasteiger partial charge >= 0.3 is 12.0 Å². The van der Waals surface area contributed by atoms with Crippen molar-refractivity contribution in [2.45, 2.75) is 32.2 Å². The maximum atomic E-state index is 12.0. The number of carboxylic acids is 1. The molecule has 6 heteroatoms. The highest BCUT2D eigenvalue weighted by atomic mass is 16.5. The molecular formula is C13H22N2O4. The predicted octanol–water partition coefficient (Wildman–Crippen LogP) is 0.918. The first-order chi connectivity index (χ1) is 9.09. The number of rotatable bonds is 4. The number of nitrogens with zero attached hydrogens (tertiary/aromatic N) is 1. The van der Waals surface area contributed by atoms with E-state index in [0.717, 1.165) is 32.5 Å². The molecule has 2 aliphatic heterocycles. The fourth-order valence-electron chi connectivity index (χ4n) is 2.85. The van der Waals surface area contributed by atoms with Crippen LogP contribution in [0.3, 0.4) is 0 Å². The topological polar surface area (TPSA) is 78.9 Å². The molecule has 0 aliphatic carbocycles. The Bertz CT molecular complexity index is 342. The Morgan fingerprint density at radius 2 is 2.21 bits per heavy atom. The van der Waals surface area contributed by atoms with Crippen LogP contribution < -0.4 is 5.32 Å². The van der Waals surface area contributed by atoms with Crippen molar-refractivity contribution in [3.63, 3.8) is 0 Å². The van der Waals surface area contributed by atoms with Crippen LogP contribution in [0.25, 0.3) is 0 Å². The minimum Gasteiger partial charge on any atom is -0.480 e. The fraction of sp³-hybridized carbons (Fsp3) is 0.846. The van der Waals surface area contributed by atoms with E-state index in [9.17, 15) is 9.59 Å². The maximum Gasteiger partial charge on any atom is 0.326 e. The van der Waals surface area contributed by atoms with Gasteiger partial charge in [0.25, 0.3) is 0 Å². The van der Waals surface area contributed by atoms with Gasteiger partial charge in [0.1, 0.15) is 6.04 Å². The molecule has 0 spiro atoms. The molecule has 2 amide bonds. The third-order valence-electron chi connectivity index (χ3n) is 4.07. The van der Waals surface area contributed by atoms with E-state index in [4.69, 9.17) is 9.84 Å². The summed E-state index contributed by atoms with van der Waals surface area (Å²) in [6, 6.07) is -0.939. The van der Waals surface area contributed by atoms with Gasteiger partial charge in [0, 0.05) is 26.3 Å². The second kappa shape index (κ2) is 6.23. The van der Waals surface area contributed by atoms with E-state index in [2.05, 4.69) is 5.32 Å². The number of carboxylic acid groups (broad SMARTS) is 1. The minimum atomic E-state index is -0.913. The van der Waals surface area contributed by atoms with E-state index >= 15 is 0 Å². The average molecular weight is 270 g/mol. The summed E-state index contributed by atoms with van der Waals surface area (Å²) in [5.74, 6) is -0.371. The van der Waals surface area contributed by atoms with Crippen LogP contribution in [0.15, 0.2) is 0 Å². The Morgan fingerprint density at radius 3 is 2.84 bits per heavy atom. The molecule has 6 nitrogen and oxygen atoms in total. The number of urea groups is 1. The van der Waals surface area contributed by atoms with Gasteiger partial charge in [0.05, 0.1) is 0 Å². The Labute approximate surface area is 113 Å². The lowest BCUT2D eigenvalue weighted by Crippen LogP contribution is -2.47. The first-order valence-corrected chi connectivity index (χ1v) is 6.94. The molecular weight excluding hydrogens is 248 g/mol. The molecule has 0 bridgehead atoms. The molecule has 2 N–H and O–H groups in total. The van der Waals surface area contributed by atoms with E-state index < -0.39 is 12.0 Å². The SMILES string of the molecule is CC1CCN(C(=O)NCCC2CCOC2)C1C(=O)O. The molecule has 0 aromatic carbocycles. The lowest BCUT2D eigenvalue weighted by Gasteiger charge is -2.23. The number of likely N-dealkylation sites (tertiary alicyclic amines) is 1. The predicted molar refractivity (Wildman–Crippen MR) is 68.9 cm³/mol. The summed E-state index contributed by atoms with van der Waals surface area (Å²) in [5.41, 5.74) is 0. The van der Waals surface area contributed by atoms with Crippen LogP contribution in [0, 0.1) is 11.8 Å². The molecule has 2 heterocycles. The first kappa shape index (κ1) is 14.1.